The van der Waals surface area contributed by atoms with Gasteiger partial charge in [-0.3, -0.25) is 9.69 Å². The molecule has 1 N–H and O–H groups in total. The molecule has 0 aromatic heterocycles. The lowest BCUT2D eigenvalue weighted by atomic mass is 10.2. The molecule has 0 saturated heterocycles. The number of ether oxygens (including phenoxy) is 1. The second-order valence-electron chi connectivity index (χ2n) is 5.66. The summed E-state index contributed by atoms with van der Waals surface area (Å²) in [5, 5.41) is 2.91. The Labute approximate surface area is 138 Å². The first-order chi connectivity index (χ1) is 11.1. The SMILES string of the molecule is CCC(C)N(C)CC(=O)Nc1ccc(Oc2ccccc2)cc1. The van der Waals surface area contributed by atoms with E-state index in [0.29, 0.717) is 12.6 Å². The van der Waals surface area contributed by atoms with Gasteiger partial charge in [-0.05, 0) is 56.8 Å². The minimum absolute atomic E-state index is 0.00970. The molecule has 0 fully saturated rings. The number of amides is 1. The highest BCUT2D eigenvalue weighted by atomic mass is 16.5. The van der Waals surface area contributed by atoms with Gasteiger partial charge < -0.3 is 10.1 Å². The summed E-state index contributed by atoms with van der Waals surface area (Å²) >= 11 is 0. The number of hydrogen-bond donors (Lipinski definition) is 1. The van der Waals surface area contributed by atoms with Crippen LogP contribution in [-0.2, 0) is 4.79 Å². The smallest absolute Gasteiger partial charge is 0.238 e. The van der Waals surface area contributed by atoms with Gasteiger partial charge in [-0.25, -0.2) is 0 Å². The fraction of sp³-hybridized carbons (Fsp3) is 0.316. The Bertz CT molecular complexity index is 611. The third kappa shape index (κ3) is 5.42. The average molecular weight is 312 g/mol. The Kier molecular flexibility index (Phi) is 6.18. The highest BCUT2D eigenvalue weighted by Crippen LogP contribution is 2.22. The van der Waals surface area contributed by atoms with Crippen LogP contribution in [0.2, 0.25) is 0 Å². The van der Waals surface area contributed by atoms with Crippen LogP contribution in [0.3, 0.4) is 0 Å². The summed E-state index contributed by atoms with van der Waals surface area (Å²) in [6.45, 7) is 4.62. The van der Waals surface area contributed by atoms with Gasteiger partial charge in [-0.15, -0.1) is 0 Å². The Balaban J connectivity index is 1.88. The molecule has 1 unspecified atom stereocenters. The summed E-state index contributed by atoms with van der Waals surface area (Å²) < 4.78 is 5.73. The standard InChI is InChI=1S/C19H24N2O2/c1-4-15(2)21(3)14-19(22)20-16-10-12-18(13-11-16)23-17-8-6-5-7-9-17/h5-13,15H,4,14H2,1-3H3,(H,20,22). The minimum Gasteiger partial charge on any atom is -0.457 e. The van der Waals surface area contributed by atoms with Gasteiger partial charge in [0.1, 0.15) is 11.5 Å². The van der Waals surface area contributed by atoms with Gasteiger partial charge in [-0.2, -0.15) is 0 Å². The van der Waals surface area contributed by atoms with Crippen molar-refractivity contribution in [1.82, 2.24) is 4.90 Å². The molecule has 1 amide bonds. The predicted molar refractivity (Wildman–Crippen MR) is 94.0 cm³/mol. The number of nitrogens with zero attached hydrogens (tertiary/aromatic N) is 1. The number of carbonyl (C=O) groups excluding carboxylic acids is 1. The Morgan fingerprint density at radius 3 is 2.30 bits per heavy atom. The van der Waals surface area contributed by atoms with Gasteiger partial charge in [0.25, 0.3) is 0 Å². The highest BCUT2D eigenvalue weighted by molar-refractivity contribution is 5.92. The number of benzene rings is 2. The zero-order valence-corrected chi connectivity index (χ0v) is 14.0. The molecule has 2 aromatic rings. The number of carbonyl (C=O) groups is 1. The predicted octanol–water partition coefficient (Wildman–Crippen LogP) is 4.15. The van der Waals surface area contributed by atoms with Crippen molar-refractivity contribution in [2.75, 3.05) is 18.9 Å². The van der Waals surface area contributed by atoms with Crippen LogP contribution in [0.15, 0.2) is 54.6 Å². The van der Waals surface area contributed by atoms with Crippen LogP contribution in [0, 0.1) is 0 Å². The molecule has 0 radical (unpaired) electrons. The maximum Gasteiger partial charge on any atom is 0.238 e. The van der Waals surface area contributed by atoms with Crippen molar-refractivity contribution in [1.29, 1.82) is 0 Å². The first kappa shape index (κ1) is 17.0. The number of anilines is 1. The van der Waals surface area contributed by atoms with Crippen LogP contribution >= 0.6 is 0 Å². The van der Waals surface area contributed by atoms with Crippen LogP contribution in [0.5, 0.6) is 11.5 Å². The molecule has 0 saturated carbocycles. The maximum atomic E-state index is 12.0. The van der Waals surface area contributed by atoms with Gasteiger partial charge in [0, 0.05) is 11.7 Å². The molecular formula is C19H24N2O2. The molecule has 122 valence electrons. The van der Waals surface area contributed by atoms with Gasteiger partial charge in [0.05, 0.1) is 6.54 Å². The Morgan fingerprint density at radius 1 is 1.09 bits per heavy atom. The van der Waals surface area contributed by atoms with Crippen LogP contribution in [0.25, 0.3) is 0 Å². The largest absolute Gasteiger partial charge is 0.457 e. The molecule has 0 heterocycles. The van der Waals surface area contributed by atoms with Gasteiger partial charge >= 0.3 is 0 Å². The summed E-state index contributed by atoms with van der Waals surface area (Å²) in [4.78, 5) is 14.1. The fourth-order valence-electron chi connectivity index (χ4n) is 2.13. The van der Waals surface area contributed by atoms with E-state index in [1.54, 1.807) is 0 Å². The first-order valence-electron chi connectivity index (χ1n) is 7.91. The van der Waals surface area contributed by atoms with E-state index in [-0.39, 0.29) is 5.91 Å². The van der Waals surface area contributed by atoms with E-state index in [1.165, 1.54) is 0 Å². The van der Waals surface area contributed by atoms with Crippen molar-refractivity contribution in [2.24, 2.45) is 0 Å². The molecule has 4 nitrogen and oxygen atoms in total. The monoisotopic (exact) mass is 312 g/mol. The zero-order valence-electron chi connectivity index (χ0n) is 14.0. The third-order valence-corrected chi connectivity index (χ3v) is 3.85. The molecule has 4 heteroatoms. The van der Waals surface area contributed by atoms with Gasteiger partial charge in [0.15, 0.2) is 0 Å². The number of nitrogens with one attached hydrogen (secondary N) is 1. The van der Waals surface area contributed by atoms with Crippen molar-refractivity contribution in [2.45, 2.75) is 26.3 Å². The van der Waals surface area contributed by atoms with Crippen molar-refractivity contribution >= 4 is 11.6 Å². The van der Waals surface area contributed by atoms with Crippen LogP contribution in [0.1, 0.15) is 20.3 Å². The Morgan fingerprint density at radius 2 is 1.70 bits per heavy atom. The van der Waals surface area contributed by atoms with Crippen molar-refractivity contribution in [3.63, 3.8) is 0 Å². The highest BCUT2D eigenvalue weighted by Gasteiger charge is 2.11. The second-order valence-corrected chi connectivity index (χ2v) is 5.66. The fourth-order valence-corrected chi connectivity index (χ4v) is 2.13. The summed E-state index contributed by atoms with van der Waals surface area (Å²) in [7, 11) is 1.96. The average Bonchev–Trinajstić information content (AvgIpc) is 2.56. The summed E-state index contributed by atoms with van der Waals surface area (Å²) in [5.41, 5.74) is 0.771. The molecular weight excluding hydrogens is 288 g/mol. The minimum atomic E-state index is -0.00970. The normalized spacial score (nSPS) is 12.0. The topological polar surface area (TPSA) is 41.6 Å². The summed E-state index contributed by atoms with van der Waals surface area (Å²) in [6.07, 6.45) is 1.02. The van der Waals surface area contributed by atoms with Crippen LogP contribution in [-0.4, -0.2) is 30.4 Å². The lowest BCUT2D eigenvalue weighted by Crippen LogP contribution is -2.36. The summed E-state index contributed by atoms with van der Waals surface area (Å²) in [6, 6.07) is 17.4. The maximum absolute atomic E-state index is 12.0. The van der Waals surface area contributed by atoms with Gasteiger partial charge in [0.2, 0.25) is 5.91 Å². The molecule has 0 spiro atoms. The molecule has 0 aliphatic carbocycles. The number of para-hydroxylation sites is 1. The van der Waals surface area contributed by atoms with Gasteiger partial charge in [-0.1, -0.05) is 25.1 Å². The van der Waals surface area contributed by atoms with Crippen LogP contribution in [0.4, 0.5) is 5.69 Å². The van der Waals surface area contributed by atoms with E-state index < -0.39 is 0 Å². The third-order valence-electron chi connectivity index (χ3n) is 3.85. The molecule has 23 heavy (non-hydrogen) atoms. The van der Waals surface area contributed by atoms with Crippen molar-refractivity contribution < 1.29 is 9.53 Å². The molecule has 2 rings (SSSR count). The van der Waals surface area contributed by atoms with E-state index in [1.807, 2.05) is 66.5 Å². The second kappa shape index (κ2) is 8.34. The quantitative estimate of drug-likeness (QED) is 0.835. The van der Waals surface area contributed by atoms with Crippen LogP contribution < -0.4 is 10.1 Å². The molecule has 2 aromatic carbocycles. The Hall–Kier alpha value is -2.33. The van der Waals surface area contributed by atoms with Crippen molar-refractivity contribution in [3.8, 4) is 11.5 Å². The van der Waals surface area contributed by atoms with E-state index in [9.17, 15) is 4.79 Å². The van der Waals surface area contributed by atoms with E-state index in [0.717, 1.165) is 23.6 Å². The lowest BCUT2D eigenvalue weighted by molar-refractivity contribution is -0.117. The van der Waals surface area contributed by atoms with E-state index >= 15 is 0 Å². The molecule has 0 aliphatic heterocycles. The molecule has 0 bridgehead atoms. The number of hydrogen-bond acceptors (Lipinski definition) is 3. The molecule has 1 atom stereocenters. The van der Waals surface area contributed by atoms with E-state index in [4.69, 9.17) is 4.74 Å². The number of rotatable bonds is 7. The van der Waals surface area contributed by atoms with Crippen molar-refractivity contribution in [3.05, 3.63) is 54.6 Å². The first-order valence-corrected chi connectivity index (χ1v) is 7.91. The summed E-state index contributed by atoms with van der Waals surface area (Å²) in [5.74, 6) is 1.52. The zero-order chi connectivity index (χ0) is 16.7. The molecule has 0 aliphatic rings. The number of likely N-dealkylation sites (N-methyl/N-ethyl adjacent to an activating group) is 1. The lowest BCUT2D eigenvalue weighted by Gasteiger charge is -2.22. The van der Waals surface area contributed by atoms with E-state index in [2.05, 4.69) is 19.2 Å².